The summed E-state index contributed by atoms with van der Waals surface area (Å²) < 4.78 is 0. The van der Waals surface area contributed by atoms with Gasteiger partial charge < -0.3 is 5.32 Å². The molecule has 3 fully saturated rings. The van der Waals surface area contributed by atoms with E-state index < -0.39 is 0 Å². The van der Waals surface area contributed by atoms with Crippen LogP contribution >= 0.6 is 0 Å². The molecule has 0 bridgehead atoms. The molecule has 0 aromatic carbocycles. The monoisotopic (exact) mass is 180 g/mol. The second-order valence-electron chi connectivity index (χ2n) is 4.98. The molecule has 2 heteroatoms. The van der Waals surface area contributed by atoms with Gasteiger partial charge in [0.25, 0.3) is 0 Å². The van der Waals surface area contributed by atoms with Crippen molar-refractivity contribution in [3.8, 4) is 0 Å². The predicted molar refractivity (Wildman–Crippen MR) is 53.7 cm³/mol. The lowest BCUT2D eigenvalue weighted by molar-refractivity contribution is 0.108. The zero-order valence-electron chi connectivity index (χ0n) is 8.34. The average Bonchev–Trinajstić information content (AvgIpc) is 3.00. The van der Waals surface area contributed by atoms with Gasteiger partial charge in [-0.3, -0.25) is 4.90 Å². The third-order valence-electron chi connectivity index (χ3n) is 3.99. The summed E-state index contributed by atoms with van der Waals surface area (Å²) in [4.78, 5) is 2.74. The van der Waals surface area contributed by atoms with Gasteiger partial charge in [0, 0.05) is 18.6 Å². The molecule has 0 radical (unpaired) electrons. The number of fused-ring (bicyclic) bond motifs is 1. The summed E-state index contributed by atoms with van der Waals surface area (Å²) >= 11 is 0. The molecule has 1 N–H and O–H groups in total. The molecular weight excluding hydrogens is 160 g/mol. The van der Waals surface area contributed by atoms with Gasteiger partial charge >= 0.3 is 0 Å². The first kappa shape index (κ1) is 8.25. The summed E-state index contributed by atoms with van der Waals surface area (Å²) in [6.45, 7) is 4.02. The molecule has 2 nitrogen and oxygen atoms in total. The Morgan fingerprint density at radius 1 is 1.08 bits per heavy atom. The van der Waals surface area contributed by atoms with Gasteiger partial charge in [-0.05, 0) is 51.1 Å². The molecule has 0 aromatic rings. The summed E-state index contributed by atoms with van der Waals surface area (Å²) in [7, 11) is 0. The number of likely N-dealkylation sites (tertiary alicyclic amines) is 1. The smallest absolute Gasteiger partial charge is 0.0120 e. The number of piperidine rings is 2. The van der Waals surface area contributed by atoms with Crippen molar-refractivity contribution in [2.75, 3.05) is 19.6 Å². The Hall–Kier alpha value is -0.0800. The van der Waals surface area contributed by atoms with E-state index in [-0.39, 0.29) is 0 Å². The second-order valence-corrected chi connectivity index (χ2v) is 4.98. The maximum absolute atomic E-state index is 3.67. The van der Waals surface area contributed by atoms with Crippen LogP contribution in [-0.2, 0) is 0 Å². The highest BCUT2D eigenvalue weighted by atomic mass is 15.2. The van der Waals surface area contributed by atoms with Crippen LogP contribution in [0.4, 0.5) is 0 Å². The van der Waals surface area contributed by atoms with Crippen molar-refractivity contribution >= 4 is 0 Å². The highest BCUT2D eigenvalue weighted by Gasteiger charge is 2.37. The summed E-state index contributed by atoms with van der Waals surface area (Å²) in [5.41, 5.74) is 0. The van der Waals surface area contributed by atoms with E-state index in [0.29, 0.717) is 0 Å². The van der Waals surface area contributed by atoms with Gasteiger partial charge in [-0.15, -0.1) is 0 Å². The number of nitrogens with zero attached hydrogens (tertiary/aromatic N) is 1. The van der Waals surface area contributed by atoms with Crippen LogP contribution in [0.25, 0.3) is 0 Å². The molecule has 1 saturated carbocycles. The Kier molecular flexibility index (Phi) is 2.06. The number of hydrogen-bond acceptors (Lipinski definition) is 2. The third-order valence-corrected chi connectivity index (χ3v) is 3.99. The Morgan fingerprint density at radius 3 is 2.85 bits per heavy atom. The van der Waals surface area contributed by atoms with Gasteiger partial charge in [0.05, 0.1) is 0 Å². The number of hydrogen-bond donors (Lipinski definition) is 1. The molecule has 0 spiro atoms. The van der Waals surface area contributed by atoms with Gasteiger partial charge in [0.1, 0.15) is 0 Å². The first-order chi connectivity index (χ1) is 6.43. The van der Waals surface area contributed by atoms with Crippen LogP contribution in [0.15, 0.2) is 0 Å². The molecule has 1 aliphatic carbocycles. The molecule has 0 amide bonds. The van der Waals surface area contributed by atoms with Crippen LogP contribution in [-0.4, -0.2) is 36.6 Å². The van der Waals surface area contributed by atoms with Gasteiger partial charge in [0.15, 0.2) is 0 Å². The molecule has 2 aliphatic heterocycles. The minimum absolute atomic E-state index is 0.865. The quantitative estimate of drug-likeness (QED) is 0.653. The van der Waals surface area contributed by atoms with Gasteiger partial charge in [-0.1, -0.05) is 0 Å². The van der Waals surface area contributed by atoms with Crippen molar-refractivity contribution in [1.29, 1.82) is 0 Å². The standard InChI is InChI=1S/C11H20N2/c1-2-9-8-13(10-3-4-10)7-5-11(9)12-6-1/h9-12H,1-8H2. The van der Waals surface area contributed by atoms with E-state index in [1.165, 1.54) is 51.7 Å². The lowest BCUT2D eigenvalue weighted by Gasteiger charge is -2.42. The van der Waals surface area contributed by atoms with Crippen LogP contribution in [0.3, 0.4) is 0 Å². The SMILES string of the molecule is C1CNC2CCN(C3CC3)CC2C1. The second kappa shape index (κ2) is 3.25. The van der Waals surface area contributed by atoms with Crippen LogP contribution in [0.1, 0.15) is 32.1 Å². The van der Waals surface area contributed by atoms with Crippen molar-refractivity contribution in [2.24, 2.45) is 5.92 Å². The van der Waals surface area contributed by atoms with Gasteiger partial charge in [0.2, 0.25) is 0 Å². The van der Waals surface area contributed by atoms with E-state index in [1.54, 1.807) is 0 Å². The Labute approximate surface area is 80.7 Å². The fourth-order valence-corrected chi connectivity index (χ4v) is 3.04. The Morgan fingerprint density at radius 2 is 2.00 bits per heavy atom. The van der Waals surface area contributed by atoms with E-state index in [4.69, 9.17) is 0 Å². The van der Waals surface area contributed by atoms with Crippen molar-refractivity contribution in [1.82, 2.24) is 10.2 Å². The largest absolute Gasteiger partial charge is 0.314 e. The Balaban J connectivity index is 1.62. The highest BCUT2D eigenvalue weighted by Crippen LogP contribution is 2.33. The van der Waals surface area contributed by atoms with Crippen molar-refractivity contribution in [2.45, 2.75) is 44.2 Å². The maximum atomic E-state index is 3.67. The molecule has 3 rings (SSSR count). The maximum Gasteiger partial charge on any atom is 0.0120 e. The fourth-order valence-electron chi connectivity index (χ4n) is 3.04. The third kappa shape index (κ3) is 1.62. The molecule has 13 heavy (non-hydrogen) atoms. The van der Waals surface area contributed by atoms with Crippen molar-refractivity contribution in [3.63, 3.8) is 0 Å². The van der Waals surface area contributed by atoms with Crippen LogP contribution in [0.2, 0.25) is 0 Å². The molecule has 2 saturated heterocycles. The molecule has 0 aromatic heterocycles. The van der Waals surface area contributed by atoms with Gasteiger partial charge in [-0.25, -0.2) is 0 Å². The predicted octanol–water partition coefficient (Wildman–Crippen LogP) is 1.22. The van der Waals surface area contributed by atoms with Crippen LogP contribution in [0, 0.1) is 5.92 Å². The van der Waals surface area contributed by atoms with E-state index in [9.17, 15) is 0 Å². The van der Waals surface area contributed by atoms with E-state index in [0.717, 1.165) is 18.0 Å². The lowest BCUT2D eigenvalue weighted by Crippen LogP contribution is -2.52. The normalized spacial score (nSPS) is 41.5. The summed E-state index contributed by atoms with van der Waals surface area (Å²) in [5.74, 6) is 0.975. The van der Waals surface area contributed by atoms with E-state index in [2.05, 4.69) is 10.2 Å². The van der Waals surface area contributed by atoms with E-state index in [1.807, 2.05) is 0 Å². The number of rotatable bonds is 1. The molecular formula is C11H20N2. The van der Waals surface area contributed by atoms with Crippen molar-refractivity contribution in [3.05, 3.63) is 0 Å². The molecule has 2 unspecified atom stereocenters. The number of nitrogens with one attached hydrogen (secondary N) is 1. The zero-order valence-corrected chi connectivity index (χ0v) is 8.34. The summed E-state index contributed by atoms with van der Waals surface area (Å²) in [5, 5.41) is 3.67. The highest BCUT2D eigenvalue weighted by molar-refractivity contribution is 4.93. The van der Waals surface area contributed by atoms with Crippen LogP contribution < -0.4 is 5.32 Å². The molecule has 3 aliphatic rings. The molecule has 2 atom stereocenters. The lowest BCUT2D eigenvalue weighted by atomic mass is 9.85. The first-order valence-corrected chi connectivity index (χ1v) is 5.91. The topological polar surface area (TPSA) is 15.3 Å². The minimum Gasteiger partial charge on any atom is -0.314 e. The minimum atomic E-state index is 0.865. The summed E-state index contributed by atoms with van der Waals surface area (Å²) in [6, 6.07) is 1.85. The average molecular weight is 180 g/mol. The zero-order chi connectivity index (χ0) is 8.67. The Bertz CT molecular complexity index is 189. The van der Waals surface area contributed by atoms with Crippen molar-refractivity contribution < 1.29 is 0 Å². The molecule has 2 heterocycles. The first-order valence-electron chi connectivity index (χ1n) is 5.91. The fraction of sp³-hybridized carbons (Fsp3) is 1.00. The van der Waals surface area contributed by atoms with Crippen LogP contribution in [0.5, 0.6) is 0 Å². The molecule has 74 valence electrons. The summed E-state index contributed by atoms with van der Waals surface area (Å²) in [6.07, 6.45) is 7.23. The van der Waals surface area contributed by atoms with Gasteiger partial charge in [-0.2, -0.15) is 0 Å². The van der Waals surface area contributed by atoms with E-state index >= 15 is 0 Å².